The first-order valence-electron chi connectivity index (χ1n) is 9.43. The zero-order valence-corrected chi connectivity index (χ0v) is 16.9. The molecule has 3 rings (SSSR count). The van der Waals surface area contributed by atoms with Gasteiger partial charge in [0, 0.05) is 18.0 Å². The van der Waals surface area contributed by atoms with E-state index in [0.29, 0.717) is 6.54 Å². The van der Waals surface area contributed by atoms with Crippen molar-refractivity contribution < 1.29 is 17.9 Å². The Bertz CT molecular complexity index is 839. The van der Waals surface area contributed by atoms with E-state index in [9.17, 15) is 13.2 Å². The molecule has 156 valence electrons. The van der Waals surface area contributed by atoms with Gasteiger partial charge in [-0.1, -0.05) is 49.6 Å². The van der Waals surface area contributed by atoms with Crippen molar-refractivity contribution in [1.82, 2.24) is 15.3 Å². The number of anilines is 1. The van der Waals surface area contributed by atoms with Crippen LogP contribution >= 0.6 is 12.2 Å². The number of benzene rings is 1. The molecule has 1 aromatic carbocycles. The fourth-order valence-corrected chi connectivity index (χ4v) is 3.88. The van der Waals surface area contributed by atoms with Crippen LogP contribution in [0, 0.1) is 0 Å². The molecule has 9 heteroatoms. The molecule has 1 saturated carbocycles. The topological polar surface area (TPSA) is 59.1 Å². The number of nitrogens with zero attached hydrogens (tertiary/aromatic N) is 2. The van der Waals surface area contributed by atoms with Gasteiger partial charge in [0.05, 0.1) is 7.11 Å². The third-order valence-corrected chi connectivity index (χ3v) is 5.46. The van der Waals surface area contributed by atoms with Gasteiger partial charge >= 0.3 is 6.18 Å². The Morgan fingerprint density at radius 1 is 1.14 bits per heavy atom. The van der Waals surface area contributed by atoms with Crippen LogP contribution in [0.3, 0.4) is 0 Å². The third-order valence-electron chi connectivity index (χ3n) is 5.21. The number of alkyl halides is 3. The Morgan fingerprint density at radius 3 is 2.45 bits per heavy atom. The van der Waals surface area contributed by atoms with Crippen molar-refractivity contribution in [3.8, 4) is 5.88 Å². The SMILES string of the molecule is COc1cc(C(F)(F)F)nc(NC(=S)NCC2(c3ccccc3)CCCCC2)n1. The molecule has 1 heterocycles. The van der Waals surface area contributed by atoms with Crippen LogP contribution in [0.15, 0.2) is 36.4 Å². The van der Waals surface area contributed by atoms with E-state index in [2.05, 4.69) is 32.7 Å². The van der Waals surface area contributed by atoms with Gasteiger partial charge in [-0.25, -0.2) is 4.98 Å². The van der Waals surface area contributed by atoms with Crippen LogP contribution < -0.4 is 15.4 Å². The molecule has 1 aliphatic rings. The van der Waals surface area contributed by atoms with Gasteiger partial charge < -0.3 is 15.4 Å². The number of methoxy groups -OCH3 is 1. The lowest BCUT2D eigenvalue weighted by atomic mass is 9.69. The van der Waals surface area contributed by atoms with Gasteiger partial charge in [0.25, 0.3) is 0 Å². The van der Waals surface area contributed by atoms with Crippen molar-refractivity contribution in [3.05, 3.63) is 47.7 Å². The number of nitrogens with one attached hydrogen (secondary N) is 2. The van der Waals surface area contributed by atoms with Crippen LogP contribution in [-0.2, 0) is 11.6 Å². The van der Waals surface area contributed by atoms with Gasteiger partial charge in [-0.05, 0) is 30.6 Å². The largest absolute Gasteiger partial charge is 0.481 e. The van der Waals surface area contributed by atoms with Gasteiger partial charge in [-0.2, -0.15) is 18.2 Å². The van der Waals surface area contributed by atoms with Crippen molar-refractivity contribution in [2.45, 2.75) is 43.7 Å². The van der Waals surface area contributed by atoms with Crippen molar-refractivity contribution in [2.75, 3.05) is 19.0 Å². The fourth-order valence-electron chi connectivity index (χ4n) is 3.71. The van der Waals surface area contributed by atoms with E-state index in [0.717, 1.165) is 31.7 Å². The van der Waals surface area contributed by atoms with E-state index in [1.807, 2.05) is 18.2 Å². The number of halogens is 3. The van der Waals surface area contributed by atoms with E-state index >= 15 is 0 Å². The van der Waals surface area contributed by atoms with E-state index in [4.69, 9.17) is 17.0 Å². The van der Waals surface area contributed by atoms with Gasteiger partial charge in [-0.3, -0.25) is 0 Å². The summed E-state index contributed by atoms with van der Waals surface area (Å²) in [7, 11) is 1.25. The van der Waals surface area contributed by atoms with E-state index in [1.54, 1.807) is 0 Å². The standard InChI is InChI=1S/C20H23F3N4OS/c1-28-16-12-15(20(21,22)23)25-17(26-16)27-18(29)24-13-19(10-6-3-7-11-19)14-8-4-2-5-9-14/h2,4-5,8-9,12H,3,6-7,10-11,13H2,1H3,(H2,24,25,26,27,29). The summed E-state index contributed by atoms with van der Waals surface area (Å²) in [4.78, 5) is 7.41. The number of ether oxygens (including phenoxy) is 1. The summed E-state index contributed by atoms with van der Waals surface area (Å²) in [5, 5.41) is 5.98. The summed E-state index contributed by atoms with van der Waals surface area (Å²) in [6.45, 7) is 0.582. The highest BCUT2D eigenvalue weighted by Gasteiger charge is 2.35. The predicted molar refractivity (Wildman–Crippen MR) is 109 cm³/mol. The summed E-state index contributed by atoms with van der Waals surface area (Å²) in [5.41, 5.74) is 0.0899. The Hall–Kier alpha value is -2.42. The maximum absolute atomic E-state index is 13.0. The summed E-state index contributed by atoms with van der Waals surface area (Å²) < 4.78 is 43.9. The molecule has 0 bridgehead atoms. The first-order chi connectivity index (χ1) is 13.8. The lowest BCUT2D eigenvalue weighted by molar-refractivity contribution is -0.141. The van der Waals surface area contributed by atoms with E-state index < -0.39 is 11.9 Å². The number of aromatic nitrogens is 2. The minimum absolute atomic E-state index is 0.0579. The lowest BCUT2D eigenvalue weighted by Crippen LogP contribution is -2.43. The molecule has 0 aliphatic heterocycles. The molecule has 29 heavy (non-hydrogen) atoms. The van der Waals surface area contributed by atoms with Crippen molar-refractivity contribution in [2.24, 2.45) is 0 Å². The second-order valence-corrected chi connectivity index (χ2v) is 7.54. The van der Waals surface area contributed by atoms with Gasteiger partial charge in [0.2, 0.25) is 11.8 Å². The van der Waals surface area contributed by atoms with Crippen LogP contribution in [0.2, 0.25) is 0 Å². The van der Waals surface area contributed by atoms with Crippen LogP contribution in [0.25, 0.3) is 0 Å². The summed E-state index contributed by atoms with van der Waals surface area (Å²) in [6, 6.07) is 11.0. The number of hydrogen-bond acceptors (Lipinski definition) is 4. The highest BCUT2D eigenvalue weighted by molar-refractivity contribution is 7.80. The zero-order chi connectivity index (χ0) is 20.9. The predicted octanol–water partition coefficient (Wildman–Crippen LogP) is 4.69. The molecule has 0 spiro atoms. The fraction of sp³-hybridized carbons (Fsp3) is 0.450. The zero-order valence-electron chi connectivity index (χ0n) is 16.1. The van der Waals surface area contributed by atoms with Crippen LogP contribution in [-0.4, -0.2) is 28.7 Å². The minimum atomic E-state index is -4.61. The van der Waals surface area contributed by atoms with Crippen molar-refractivity contribution >= 4 is 23.3 Å². The second kappa shape index (κ2) is 8.94. The Morgan fingerprint density at radius 2 is 1.83 bits per heavy atom. The highest BCUT2D eigenvalue weighted by atomic mass is 32.1. The highest BCUT2D eigenvalue weighted by Crippen LogP contribution is 2.39. The van der Waals surface area contributed by atoms with Crippen molar-refractivity contribution in [1.29, 1.82) is 0 Å². The average molecular weight is 424 g/mol. The molecule has 5 nitrogen and oxygen atoms in total. The minimum Gasteiger partial charge on any atom is -0.481 e. The van der Waals surface area contributed by atoms with E-state index in [1.165, 1.54) is 19.1 Å². The molecule has 0 amide bonds. The molecule has 0 saturated heterocycles. The molecule has 2 N–H and O–H groups in total. The van der Waals surface area contributed by atoms with Crippen molar-refractivity contribution in [3.63, 3.8) is 0 Å². The molecule has 0 radical (unpaired) electrons. The molecule has 0 atom stereocenters. The quantitative estimate of drug-likeness (QED) is 0.679. The molecule has 2 aromatic rings. The second-order valence-electron chi connectivity index (χ2n) is 7.13. The van der Waals surface area contributed by atoms with Crippen LogP contribution in [0.4, 0.5) is 19.1 Å². The van der Waals surface area contributed by atoms with E-state index in [-0.39, 0.29) is 22.4 Å². The molecular weight excluding hydrogens is 401 g/mol. The van der Waals surface area contributed by atoms with Crippen LogP contribution in [0.5, 0.6) is 5.88 Å². The Kier molecular flexibility index (Phi) is 6.56. The third kappa shape index (κ3) is 5.35. The van der Waals surface area contributed by atoms with Gasteiger partial charge in [-0.15, -0.1) is 0 Å². The molecular formula is C20H23F3N4OS. The summed E-state index contributed by atoms with van der Waals surface area (Å²) in [5.74, 6) is -0.447. The Balaban J connectivity index is 1.72. The molecule has 1 aliphatic carbocycles. The number of hydrogen-bond donors (Lipinski definition) is 2. The first-order valence-corrected chi connectivity index (χ1v) is 9.84. The maximum Gasteiger partial charge on any atom is 0.433 e. The van der Waals surface area contributed by atoms with Gasteiger partial charge in [0.1, 0.15) is 0 Å². The molecule has 1 fully saturated rings. The molecule has 1 aromatic heterocycles. The monoisotopic (exact) mass is 424 g/mol. The van der Waals surface area contributed by atoms with Crippen LogP contribution in [0.1, 0.15) is 43.4 Å². The molecule has 0 unspecified atom stereocenters. The average Bonchev–Trinajstić information content (AvgIpc) is 2.73. The Labute approximate surface area is 173 Å². The lowest BCUT2D eigenvalue weighted by Gasteiger charge is -2.38. The normalized spacial score (nSPS) is 16.1. The number of rotatable bonds is 5. The summed E-state index contributed by atoms with van der Waals surface area (Å²) in [6.07, 6.45) is 0.909. The maximum atomic E-state index is 13.0. The summed E-state index contributed by atoms with van der Waals surface area (Å²) >= 11 is 5.30. The van der Waals surface area contributed by atoms with Gasteiger partial charge in [0.15, 0.2) is 10.8 Å². The number of thiocarbonyl (C=S) groups is 1. The first kappa shape index (κ1) is 21.3. The smallest absolute Gasteiger partial charge is 0.433 e.